The molecule has 2 atom stereocenters. The maximum Gasteiger partial charge on any atom is 0.191 e. The minimum Gasteiger partial charge on any atom is -0.375 e. The number of nitrogens with zero attached hydrogens (tertiary/aromatic N) is 3. The molecule has 2 fully saturated rings. The van der Waals surface area contributed by atoms with Crippen LogP contribution in [0.15, 0.2) is 23.3 Å². The molecule has 0 aromatic carbocycles. The molecule has 3 heterocycles. The number of hydrogen-bond acceptors (Lipinski definition) is 5. The summed E-state index contributed by atoms with van der Waals surface area (Å²) in [7, 11) is 1.82. The molecule has 2 N–H and O–H groups in total. The highest BCUT2D eigenvalue weighted by atomic mass is 127. The fraction of sp³-hybridized carbons (Fsp3) is 0.667. The SMILES string of the molecule is CN=C(NCc1ccnc(N2CCOC(C)C2)c1)NCC1CCCS1.I. The van der Waals surface area contributed by atoms with Crippen LogP contribution in [-0.2, 0) is 11.3 Å². The second-order valence-electron chi connectivity index (χ2n) is 6.59. The van der Waals surface area contributed by atoms with Gasteiger partial charge in [-0.3, -0.25) is 4.99 Å². The smallest absolute Gasteiger partial charge is 0.191 e. The van der Waals surface area contributed by atoms with Crippen molar-refractivity contribution in [2.24, 2.45) is 4.99 Å². The second kappa shape index (κ2) is 11.2. The first-order valence-corrected chi connectivity index (χ1v) is 10.2. The van der Waals surface area contributed by atoms with E-state index in [2.05, 4.69) is 56.3 Å². The predicted molar refractivity (Wildman–Crippen MR) is 121 cm³/mol. The molecule has 3 rings (SSSR count). The zero-order valence-corrected chi connectivity index (χ0v) is 18.8. The number of nitrogens with one attached hydrogen (secondary N) is 2. The fourth-order valence-corrected chi connectivity index (χ4v) is 4.39. The van der Waals surface area contributed by atoms with E-state index in [4.69, 9.17) is 4.74 Å². The standard InChI is InChI=1S/C18H29N5OS.HI/c1-14-13-23(7-8-24-14)17-10-15(5-6-20-17)11-21-18(19-2)22-12-16-4-3-9-25-16;/h5-6,10,14,16H,3-4,7-9,11-13H2,1-2H3,(H2,19,21,22);1H. The zero-order chi connectivity index (χ0) is 17.5. The maximum atomic E-state index is 5.61. The van der Waals surface area contributed by atoms with Gasteiger partial charge in [-0.05, 0) is 43.2 Å². The molecular weight excluding hydrogens is 461 g/mol. The molecule has 2 unspecified atom stereocenters. The monoisotopic (exact) mass is 491 g/mol. The molecule has 0 spiro atoms. The van der Waals surface area contributed by atoms with Gasteiger partial charge < -0.3 is 20.3 Å². The van der Waals surface area contributed by atoms with Crippen molar-refractivity contribution in [2.45, 2.75) is 37.7 Å². The number of ether oxygens (including phenoxy) is 1. The molecule has 26 heavy (non-hydrogen) atoms. The van der Waals surface area contributed by atoms with Gasteiger partial charge >= 0.3 is 0 Å². The van der Waals surface area contributed by atoms with Crippen LogP contribution >= 0.6 is 35.7 Å². The highest BCUT2D eigenvalue weighted by Gasteiger charge is 2.18. The van der Waals surface area contributed by atoms with Gasteiger partial charge in [0, 0.05) is 44.7 Å². The van der Waals surface area contributed by atoms with Crippen LogP contribution in [0, 0.1) is 0 Å². The molecule has 6 nitrogen and oxygen atoms in total. The maximum absolute atomic E-state index is 5.61. The third kappa shape index (κ3) is 6.45. The largest absolute Gasteiger partial charge is 0.375 e. The minimum absolute atomic E-state index is 0. The topological polar surface area (TPSA) is 61.8 Å². The number of morpholine rings is 1. The van der Waals surface area contributed by atoms with Crippen LogP contribution in [0.4, 0.5) is 5.82 Å². The van der Waals surface area contributed by atoms with Crippen LogP contribution in [0.2, 0.25) is 0 Å². The van der Waals surface area contributed by atoms with Gasteiger partial charge in [-0.2, -0.15) is 11.8 Å². The highest BCUT2D eigenvalue weighted by molar-refractivity contribution is 14.0. The molecular formula is C18H30IN5OS. The van der Waals surface area contributed by atoms with Crippen molar-refractivity contribution in [1.29, 1.82) is 0 Å². The number of guanidine groups is 1. The van der Waals surface area contributed by atoms with Gasteiger partial charge in [-0.15, -0.1) is 24.0 Å². The molecule has 0 saturated carbocycles. The van der Waals surface area contributed by atoms with Gasteiger partial charge in [0.2, 0.25) is 0 Å². The van der Waals surface area contributed by atoms with Crippen LogP contribution in [-0.4, -0.2) is 61.3 Å². The summed E-state index contributed by atoms with van der Waals surface area (Å²) in [5, 5.41) is 7.57. The van der Waals surface area contributed by atoms with Gasteiger partial charge in [0.1, 0.15) is 5.82 Å². The molecule has 1 aromatic heterocycles. The van der Waals surface area contributed by atoms with E-state index < -0.39 is 0 Å². The van der Waals surface area contributed by atoms with Gasteiger partial charge in [0.15, 0.2) is 5.96 Å². The normalized spacial score (nSPS) is 23.5. The van der Waals surface area contributed by atoms with E-state index in [1.54, 1.807) is 0 Å². The van der Waals surface area contributed by atoms with Crippen molar-refractivity contribution in [2.75, 3.05) is 43.9 Å². The van der Waals surface area contributed by atoms with E-state index in [0.29, 0.717) is 0 Å². The Balaban J connectivity index is 0.00000243. The Morgan fingerprint density at radius 3 is 3.08 bits per heavy atom. The van der Waals surface area contributed by atoms with Gasteiger partial charge in [-0.1, -0.05) is 0 Å². The van der Waals surface area contributed by atoms with Crippen molar-refractivity contribution < 1.29 is 4.74 Å². The Morgan fingerprint density at radius 1 is 1.46 bits per heavy atom. The van der Waals surface area contributed by atoms with Crippen molar-refractivity contribution in [3.05, 3.63) is 23.9 Å². The molecule has 0 amide bonds. The van der Waals surface area contributed by atoms with E-state index in [1.807, 2.05) is 13.2 Å². The lowest BCUT2D eigenvalue weighted by atomic mass is 10.2. The summed E-state index contributed by atoms with van der Waals surface area (Å²) in [6.45, 7) is 6.39. The summed E-state index contributed by atoms with van der Waals surface area (Å²) < 4.78 is 5.61. The Labute approximate surface area is 178 Å². The number of hydrogen-bond donors (Lipinski definition) is 2. The number of anilines is 1. The summed E-state index contributed by atoms with van der Waals surface area (Å²) in [6.07, 6.45) is 4.79. The lowest BCUT2D eigenvalue weighted by Crippen LogP contribution is -2.41. The Kier molecular flexibility index (Phi) is 9.27. The van der Waals surface area contributed by atoms with Gasteiger partial charge in [0.05, 0.1) is 12.7 Å². The molecule has 0 aliphatic carbocycles. The van der Waals surface area contributed by atoms with Crippen molar-refractivity contribution in [3.63, 3.8) is 0 Å². The molecule has 2 saturated heterocycles. The quantitative estimate of drug-likeness (QED) is 0.375. The molecule has 1 aromatic rings. The van der Waals surface area contributed by atoms with E-state index in [-0.39, 0.29) is 30.1 Å². The van der Waals surface area contributed by atoms with Crippen molar-refractivity contribution in [3.8, 4) is 0 Å². The molecule has 0 radical (unpaired) electrons. The number of pyridine rings is 1. The highest BCUT2D eigenvalue weighted by Crippen LogP contribution is 2.25. The Morgan fingerprint density at radius 2 is 2.35 bits per heavy atom. The predicted octanol–water partition coefficient (Wildman–Crippen LogP) is 2.49. The van der Waals surface area contributed by atoms with E-state index >= 15 is 0 Å². The van der Waals surface area contributed by atoms with E-state index in [0.717, 1.165) is 49.8 Å². The van der Waals surface area contributed by atoms with Crippen molar-refractivity contribution >= 4 is 47.5 Å². The second-order valence-corrected chi connectivity index (χ2v) is 8.00. The van der Waals surface area contributed by atoms with Crippen LogP contribution < -0.4 is 15.5 Å². The molecule has 0 bridgehead atoms. The summed E-state index contributed by atoms with van der Waals surface area (Å²) in [5.41, 5.74) is 1.21. The molecule has 8 heteroatoms. The third-order valence-electron chi connectivity index (χ3n) is 4.58. The summed E-state index contributed by atoms with van der Waals surface area (Å²) in [6, 6.07) is 4.21. The fourth-order valence-electron chi connectivity index (χ4n) is 3.19. The third-order valence-corrected chi connectivity index (χ3v) is 5.98. The number of aromatic nitrogens is 1. The van der Waals surface area contributed by atoms with Gasteiger partial charge in [-0.25, -0.2) is 4.98 Å². The first-order valence-electron chi connectivity index (χ1n) is 9.12. The molecule has 146 valence electrons. The van der Waals surface area contributed by atoms with Gasteiger partial charge in [0.25, 0.3) is 0 Å². The van der Waals surface area contributed by atoms with Crippen LogP contribution in [0.5, 0.6) is 0 Å². The zero-order valence-electron chi connectivity index (χ0n) is 15.6. The van der Waals surface area contributed by atoms with E-state index in [9.17, 15) is 0 Å². The van der Waals surface area contributed by atoms with Crippen LogP contribution in [0.25, 0.3) is 0 Å². The number of thioether (sulfide) groups is 1. The van der Waals surface area contributed by atoms with Crippen molar-refractivity contribution in [1.82, 2.24) is 15.6 Å². The molecule has 2 aliphatic heterocycles. The lowest BCUT2D eigenvalue weighted by molar-refractivity contribution is 0.0529. The van der Waals surface area contributed by atoms with Crippen LogP contribution in [0.3, 0.4) is 0 Å². The van der Waals surface area contributed by atoms with E-state index in [1.165, 1.54) is 24.2 Å². The summed E-state index contributed by atoms with van der Waals surface area (Å²) >= 11 is 2.06. The number of halogens is 1. The average molecular weight is 491 g/mol. The Hall–Kier alpha value is -0.740. The first-order chi connectivity index (χ1) is 12.2. The lowest BCUT2D eigenvalue weighted by Gasteiger charge is -2.32. The first kappa shape index (κ1) is 21.6. The summed E-state index contributed by atoms with van der Waals surface area (Å²) in [4.78, 5) is 11.1. The molecule has 2 aliphatic rings. The Bertz CT molecular complexity index is 582. The summed E-state index contributed by atoms with van der Waals surface area (Å²) in [5.74, 6) is 3.18. The number of rotatable bonds is 5. The minimum atomic E-state index is 0. The number of aliphatic imine (C=N–C) groups is 1. The van der Waals surface area contributed by atoms with Crippen LogP contribution in [0.1, 0.15) is 25.3 Å². The average Bonchev–Trinajstić information content (AvgIpc) is 3.16.